The summed E-state index contributed by atoms with van der Waals surface area (Å²) in [4.78, 5) is 12.3. The Bertz CT molecular complexity index is 1370. The van der Waals surface area contributed by atoms with E-state index < -0.39 is 16.0 Å². The lowest BCUT2D eigenvalue weighted by atomic mass is 10.2. The van der Waals surface area contributed by atoms with Gasteiger partial charge < -0.3 is 19.9 Å². The lowest BCUT2D eigenvalue weighted by Gasteiger charge is -2.08. The summed E-state index contributed by atoms with van der Waals surface area (Å²) in [6.07, 6.45) is 0. The maximum Gasteiger partial charge on any atom is 0.344 e. The average Bonchev–Trinajstić information content (AvgIpc) is 3.21. The van der Waals surface area contributed by atoms with E-state index in [-0.39, 0.29) is 22.2 Å². The first kappa shape index (κ1) is 21.9. The second-order valence-corrected chi connectivity index (χ2v) is 8.53. The topological polar surface area (TPSA) is 123 Å². The van der Waals surface area contributed by atoms with Crippen LogP contribution in [0.25, 0.3) is 0 Å². The van der Waals surface area contributed by atoms with Crippen LogP contribution in [0.3, 0.4) is 0 Å². The largest absolute Gasteiger partial charge is 0.497 e. The number of nitrogens with zero attached hydrogens (tertiary/aromatic N) is 2. The number of para-hydroxylation sites is 1. The number of carbonyl (C=O) groups is 1. The molecule has 33 heavy (non-hydrogen) atoms. The van der Waals surface area contributed by atoms with E-state index in [1.807, 2.05) is 18.2 Å². The number of methoxy groups -OCH3 is 1. The van der Waals surface area contributed by atoms with E-state index in [1.165, 1.54) is 43.5 Å². The molecule has 0 aliphatic heterocycles. The van der Waals surface area contributed by atoms with Crippen molar-refractivity contribution in [3.63, 3.8) is 0 Å². The van der Waals surface area contributed by atoms with Crippen molar-refractivity contribution in [3.05, 3.63) is 90.5 Å². The highest BCUT2D eigenvalue weighted by Crippen LogP contribution is 2.26. The zero-order valence-corrected chi connectivity index (χ0v) is 18.2. The van der Waals surface area contributed by atoms with Crippen molar-refractivity contribution in [3.8, 4) is 23.1 Å². The number of nitrogens with two attached hydrogens (primary N) is 1. The highest BCUT2D eigenvalue weighted by molar-refractivity contribution is 7.90. The summed E-state index contributed by atoms with van der Waals surface area (Å²) in [7, 11) is -2.62. The molecule has 0 spiro atoms. The van der Waals surface area contributed by atoms with E-state index >= 15 is 0 Å². The fraction of sp³-hybridized carbons (Fsp3) is 0.0435. The van der Waals surface area contributed by atoms with Crippen LogP contribution in [0.2, 0.25) is 0 Å². The molecule has 0 saturated heterocycles. The van der Waals surface area contributed by atoms with Gasteiger partial charge in [0.05, 0.1) is 17.6 Å². The first-order valence-corrected chi connectivity index (χ1v) is 11.1. The van der Waals surface area contributed by atoms with Crippen LogP contribution in [0.5, 0.6) is 23.1 Å². The molecule has 0 unspecified atom stereocenters. The van der Waals surface area contributed by atoms with Gasteiger partial charge in [0.15, 0.2) is 0 Å². The van der Waals surface area contributed by atoms with Crippen LogP contribution >= 0.6 is 0 Å². The Labute approximate surface area is 190 Å². The number of benzene rings is 3. The molecule has 3 aromatic carbocycles. The number of anilines is 1. The van der Waals surface area contributed by atoms with E-state index in [4.69, 9.17) is 19.9 Å². The zero-order chi connectivity index (χ0) is 23.4. The molecule has 4 rings (SSSR count). The number of ether oxygens (including phenoxy) is 3. The number of rotatable bonds is 7. The van der Waals surface area contributed by atoms with Crippen molar-refractivity contribution in [1.29, 1.82) is 0 Å². The Balaban J connectivity index is 1.51. The van der Waals surface area contributed by atoms with Crippen LogP contribution in [0, 0.1) is 0 Å². The molecule has 0 saturated carbocycles. The third-order valence-corrected chi connectivity index (χ3v) is 6.15. The van der Waals surface area contributed by atoms with E-state index in [2.05, 4.69) is 5.10 Å². The molecule has 10 heteroatoms. The average molecular weight is 465 g/mol. The van der Waals surface area contributed by atoms with Gasteiger partial charge in [-0.15, -0.1) is 9.19 Å². The van der Waals surface area contributed by atoms with Crippen LogP contribution in [0.15, 0.2) is 89.8 Å². The molecule has 0 aliphatic rings. The summed E-state index contributed by atoms with van der Waals surface area (Å²) in [5.74, 6) is 0.474. The Morgan fingerprint density at radius 1 is 0.879 bits per heavy atom. The number of hydrogen-bond acceptors (Lipinski definition) is 8. The summed E-state index contributed by atoms with van der Waals surface area (Å²) in [6, 6.07) is 22.2. The number of aromatic nitrogens is 2. The van der Waals surface area contributed by atoms with Crippen molar-refractivity contribution in [1.82, 2.24) is 9.19 Å². The molecule has 2 N–H and O–H groups in total. The van der Waals surface area contributed by atoms with Gasteiger partial charge in [-0.3, -0.25) is 0 Å². The van der Waals surface area contributed by atoms with Crippen molar-refractivity contribution < 1.29 is 27.4 Å². The van der Waals surface area contributed by atoms with E-state index in [1.54, 1.807) is 24.3 Å². The van der Waals surface area contributed by atoms with E-state index in [0.717, 1.165) is 6.07 Å². The number of carbonyl (C=O) groups excluding carboxylic acids is 1. The van der Waals surface area contributed by atoms with Gasteiger partial charge >= 0.3 is 5.97 Å². The van der Waals surface area contributed by atoms with Crippen molar-refractivity contribution in [2.24, 2.45) is 0 Å². The Morgan fingerprint density at radius 2 is 1.48 bits per heavy atom. The summed E-state index contributed by atoms with van der Waals surface area (Å²) >= 11 is 0. The second-order valence-electron chi connectivity index (χ2n) is 6.76. The summed E-state index contributed by atoms with van der Waals surface area (Å²) in [5.41, 5.74) is 6.07. The molecular weight excluding hydrogens is 446 g/mol. The smallest absolute Gasteiger partial charge is 0.344 e. The molecule has 0 aliphatic carbocycles. The normalized spacial score (nSPS) is 11.1. The molecule has 1 aromatic heterocycles. The third-order valence-electron chi connectivity index (χ3n) is 4.53. The highest BCUT2D eigenvalue weighted by atomic mass is 32.2. The minimum Gasteiger partial charge on any atom is -0.497 e. The standard InChI is InChI=1S/C23H19N3O6S/c1-30-17-9-7-16(8-10-17)23(27)32-22-15-21(24)26(25-22)33(28,29)20-13-11-19(12-14-20)31-18-5-3-2-4-6-18/h2-15H,24H2,1H3. The van der Waals surface area contributed by atoms with Gasteiger partial charge in [-0.1, -0.05) is 18.2 Å². The van der Waals surface area contributed by atoms with Crippen LogP contribution < -0.4 is 19.9 Å². The molecule has 0 radical (unpaired) electrons. The number of hydrogen-bond donors (Lipinski definition) is 1. The predicted molar refractivity (Wildman–Crippen MR) is 120 cm³/mol. The van der Waals surface area contributed by atoms with E-state index in [9.17, 15) is 13.2 Å². The lowest BCUT2D eigenvalue weighted by Crippen LogP contribution is -2.17. The zero-order valence-electron chi connectivity index (χ0n) is 17.4. The Morgan fingerprint density at radius 3 is 2.12 bits per heavy atom. The van der Waals surface area contributed by atoms with Gasteiger partial charge in [0.2, 0.25) is 5.88 Å². The van der Waals surface area contributed by atoms with Gasteiger partial charge in [-0.05, 0) is 60.7 Å². The molecule has 1 heterocycles. The molecule has 4 aromatic rings. The highest BCUT2D eigenvalue weighted by Gasteiger charge is 2.23. The predicted octanol–water partition coefficient (Wildman–Crippen LogP) is 3.72. The molecule has 0 atom stereocenters. The van der Waals surface area contributed by atoms with Crippen LogP contribution in [0.4, 0.5) is 5.82 Å². The third kappa shape index (κ3) is 4.80. The molecule has 168 valence electrons. The maximum atomic E-state index is 13.0. The minimum absolute atomic E-state index is 0.0641. The van der Waals surface area contributed by atoms with Crippen LogP contribution in [0.1, 0.15) is 10.4 Å². The fourth-order valence-electron chi connectivity index (χ4n) is 2.89. The maximum absolute atomic E-state index is 13.0. The Hall–Kier alpha value is -4.31. The lowest BCUT2D eigenvalue weighted by molar-refractivity contribution is 0.0727. The van der Waals surface area contributed by atoms with Gasteiger partial charge in [-0.25, -0.2) is 4.79 Å². The fourth-order valence-corrected chi connectivity index (χ4v) is 4.08. The molecule has 0 amide bonds. The number of nitrogen functional groups attached to an aromatic ring is 1. The molecular formula is C23H19N3O6S. The first-order valence-electron chi connectivity index (χ1n) is 9.67. The Kier molecular flexibility index (Phi) is 6.01. The SMILES string of the molecule is COc1ccc(C(=O)Oc2cc(N)n(S(=O)(=O)c3ccc(Oc4ccccc4)cc3)n2)cc1. The number of esters is 1. The van der Waals surface area contributed by atoms with Gasteiger partial charge in [-0.2, -0.15) is 8.42 Å². The van der Waals surface area contributed by atoms with Crippen LogP contribution in [-0.2, 0) is 10.0 Å². The monoisotopic (exact) mass is 465 g/mol. The second kappa shape index (κ2) is 9.05. The molecule has 0 fully saturated rings. The van der Waals surface area contributed by atoms with Crippen LogP contribution in [-0.4, -0.2) is 30.7 Å². The van der Waals surface area contributed by atoms with Gasteiger partial charge in [0, 0.05) is 6.07 Å². The van der Waals surface area contributed by atoms with Gasteiger partial charge in [0.1, 0.15) is 23.1 Å². The molecule has 9 nitrogen and oxygen atoms in total. The van der Waals surface area contributed by atoms with Crippen molar-refractivity contribution >= 4 is 21.8 Å². The first-order chi connectivity index (χ1) is 15.9. The van der Waals surface area contributed by atoms with Crippen molar-refractivity contribution in [2.45, 2.75) is 4.90 Å². The summed E-state index contributed by atoms with van der Waals surface area (Å²) in [5, 5.41) is 3.85. The summed E-state index contributed by atoms with van der Waals surface area (Å²) in [6.45, 7) is 0. The van der Waals surface area contributed by atoms with Crippen molar-refractivity contribution in [2.75, 3.05) is 12.8 Å². The molecule has 0 bridgehead atoms. The minimum atomic E-state index is -4.13. The van der Waals surface area contributed by atoms with E-state index in [0.29, 0.717) is 21.3 Å². The quantitative estimate of drug-likeness (QED) is 0.410. The summed E-state index contributed by atoms with van der Waals surface area (Å²) < 4.78 is 42.5. The van der Waals surface area contributed by atoms with Gasteiger partial charge in [0.25, 0.3) is 10.0 Å².